The maximum absolute atomic E-state index is 4.55. The fourth-order valence-corrected chi connectivity index (χ4v) is 3.56. The quantitative estimate of drug-likeness (QED) is 0.823. The van der Waals surface area contributed by atoms with Gasteiger partial charge in [0.05, 0.1) is 5.52 Å². The molecular formula is C19H26N2. The number of nitrogens with one attached hydrogen (secondary N) is 1. The van der Waals surface area contributed by atoms with Gasteiger partial charge < -0.3 is 5.32 Å². The van der Waals surface area contributed by atoms with Crippen molar-refractivity contribution in [3.8, 4) is 0 Å². The van der Waals surface area contributed by atoms with Crippen molar-refractivity contribution in [1.82, 2.24) is 10.3 Å². The molecule has 0 aliphatic heterocycles. The molecule has 1 aliphatic carbocycles. The first-order valence-electron chi connectivity index (χ1n) is 8.43. The van der Waals surface area contributed by atoms with E-state index in [-0.39, 0.29) is 0 Å². The van der Waals surface area contributed by atoms with Gasteiger partial charge in [0.2, 0.25) is 0 Å². The van der Waals surface area contributed by atoms with Gasteiger partial charge >= 0.3 is 0 Å². The fraction of sp³-hybridized carbons (Fsp3) is 0.526. The van der Waals surface area contributed by atoms with Crippen LogP contribution >= 0.6 is 0 Å². The van der Waals surface area contributed by atoms with Crippen molar-refractivity contribution in [1.29, 1.82) is 0 Å². The van der Waals surface area contributed by atoms with Gasteiger partial charge in [-0.2, -0.15) is 0 Å². The van der Waals surface area contributed by atoms with E-state index in [1.54, 1.807) is 0 Å². The summed E-state index contributed by atoms with van der Waals surface area (Å²) in [6.07, 6.45) is 10.1. The molecule has 2 heteroatoms. The van der Waals surface area contributed by atoms with Gasteiger partial charge in [-0.15, -0.1) is 0 Å². The van der Waals surface area contributed by atoms with Crippen LogP contribution in [-0.2, 0) is 6.54 Å². The first-order chi connectivity index (χ1) is 10.4. The Morgan fingerprint density at radius 1 is 1.10 bits per heavy atom. The van der Waals surface area contributed by atoms with Gasteiger partial charge in [-0.1, -0.05) is 50.5 Å². The smallest absolute Gasteiger partial charge is 0.0746 e. The number of rotatable bonds is 4. The molecule has 0 bridgehead atoms. The summed E-state index contributed by atoms with van der Waals surface area (Å²) in [6.45, 7) is 3.27. The number of pyridine rings is 1. The summed E-state index contributed by atoms with van der Waals surface area (Å²) in [5, 5.41) is 5.01. The fourth-order valence-electron chi connectivity index (χ4n) is 3.56. The third-order valence-corrected chi connectivity index (χ3v) is 4.96. The third kappa shape index (κ3) is 3.62. The van der Waals surface area contributed by atoms with Gasteiger partial charge in [0, 0.05) is 24.2 Å². The second kappa shape index (κ2) is 7.04. The minimum atomic E-state index is 0.681. The van der Waals surface area contributed by atoms with Crippen molar-refractivity contribution in [2.24, 2.45) is 5.92 Å². The zero-order chi connectivity index (χ0) is 14.5. The molecule has 1 heterocycles. The van der Waals surface area contributed by atoms with Gasteiger partial charge in [0.1, 0.15) is 0 Å². The average molecular weight is 282 g/mol. The molecule has 1 fully saturated rings. The molecule has 0 spiro atoms. The van der Waals surface area contributed by atoms with Gasteiger partial charge in [-0.25, -0.2) is 0 Å². The molecule has 1 saturated carbocycles. The van der Waals surface area contributed by atoms with Crippen LogP contribution < -0.4 is 5.32 Å². The molecule has 0 saturated heterocycles. The van der Waals surface area contributed by atoms with Crippen LogP contribution in [0.4, 0.5) is 0 Å². The summed E-state index contributed by atoms with van der Waals surface area (Å²) in [7, 11) is 0. The van der Waals surface area contributed by atoms with Gasteiger partial charge in [0.15, 0.2) is 0 Å². The highest BCUT2D eigenvalue weighted by molar-refractivity contribution is 5.81. The average Bonchev–Trinajstić information content (AvgIpc) is 2.78. The lowest BCUT2D eigenvalue weighted by Gasteiger charge is -2.17. The molecule has 3 rings (SSSR count). The molecule has 112 valence electrons. The van der Waals surface area contributed by atoms with Crippen LogP contribution in [0.25, 0.3) is 10.9 Å². The minimum Gasteiger partial charge on any atom is -0.310 e. The van der Waals surface area contributed by atoms with Crippen LogP contribution in [0.2, 0.25) is 0 Å². The van der Waals surface area contributed by atoms with Crippen LogP contribution in [-0.4, -0.2) is 11.0 Å². The molecule has 1 N–H and O–H groups in total. The lowest BCUT2D eigenvalue weighted by atomic mass is 9.98. The third-order valence-electron chi connectivity index (χ3n) is 4.96. The van der Waals surface area contributed by atoms with Crippen LogP contribution in [0.1, 0.15) is 51.0 Å². The Morgan fingerprint density at radius 2 is 2.00 bits per heavy atom. The number of para-hydroxylation sites is 1. The summed E-state index contributed by atoms with van der Waals surface area (Å²) in [6, 6.07) is 11.3. The Kier molecular flexibility index (Phi) is 4.87. The van der Waals surface area contributed by atoms with Gasteiger partial charge in [-0.05, 0) is 36.8 Å². The number of fused-ring (bicyclic) bond motifs is 1. The van der Waals surface area contributed by atoms with Crippen molar-refractivity contribution in [2.45, 2.75) is 58.0 Å². The lowest BCUT2D eigenvalue weighted by molar-refractivity contribution is 0.425. The predicted molar refractivity (Wildman–Crippen MR) is 89.2 cm³/mol. The molecule has 2 atom stereocenters. The molecule has 2 aromatic rings. The molecule has 1 aromatic heterocycles. The van der Waals surface area contributed by atoms with Gasteiger partial charge in [-0.3, -0.25) is 4.98 Å². The van der Waals surface area contributed by atoms with Crippen LogP contribution in [0.3, 0.4) is 0 Å². The van der Waals surface area contributed by atoms with E-state index in [0.29, 0.717) is 6.04 Å². The van der Waals surface area contributed by atoms with Gasteiger partial charge in [0.25, 0.3) is 0 Å². The van der Waals surface area contributed by atoms with E-state index < -0.39 is 0 Å². The summed E-state index contributed by atoms with van der Waals surface area (Å²) in [4.78, 5) is 4.55. The monoisotopic (exact) mass is 282 g/mol. The second-order valence-corrected chi connectivity index (χ2v) is 6.35. The summed E-state index contributed by atoms with van der Waals surface area (Å²) < 4.78 is 0. The van der Waals surface area contributed by atoms with Crippen molar-refractivity contribution in [2.75, 3.05) is 0 Å². The molecule has 0 radical (unpaired) electrons. The summed E-state index contributed by atoms with van der Waals surface area (Å²) in [5.41, 5.74) is 2.47. The lowest BCUT2D eigenvalue weighted by Crippen LogP contribution is -2.28. The second-order valence-electron chi connectivity index (χ2n) is 6.35. The van der Waals surface area contributed by atoms with Crippen molar-refractivity contribution >= 4 is 10.9 Å². The highest BCUT2D eigenvalue weighted by Gasteiger charge is 2.17. The number of aromatic nitrogens is 1. The molecular weight excluding hydrogens is 256 g/mol. The van der Waals surface area contributed by atoms with Crippen LogP contribution in [0.5, 0.6) is 0 Å². The SMILES string of the molecule is CCC1CCCC(NCc2cccc3cccnc23)CC1. The first kappa shape index (κ1) is 14.5. The maximum atomic E-state index is 4.55. The molecule has 0 amide bonds. The number of benzene rings is 1. The van der Waals surface area contributed by atoms with Crippen LogP contribution in [0, 0.1) is 5.92 Å². The molecule has 1 aromatic carbocycles. The first-order valence-corrected chi connectivity index (χ1v) is 8.43. The van der Waals surface area contributed by atoms with E-state index >= 15 is 0 Å². The Labute approximate surface area is 128 Å². The Balaban J connectivity index is 1.64. The zero-order valence-corrected chi connectivity index (χ0v) is 13.0. The van der Waals surface area contributed by atoms with E-state index in [2.05, 4.69) is 41.5 Å². The van der Waals surface area contributed by atoms with E-state index in [9.17, 15) is 0 Å². The summed E-state index contributed by atoms with van der Waals surface area (Å²) >= 11 is 0. The Morgan fingerprint density at radius 3 is 2.90 bits per heavy atom. The molecule has 1 aliphatic rings. The predicted octanol–water partition coefficient (Wildman–Crippen LogP) is 4.68. The number of nitrogens with zero attached hydrogens (tertiary/aromatic N) is 1. The topological polar surface area (TPSA) is 24.9 Å². The molecule has 21 heavy (non-hydrogen) atoms. The van der Waals surface area contributed by atoms with E-state index in [1.165, 1.54) is 49.5 Å². The standard InChI is InChI=1S/C19H26N2/c1-2-15-6-3-10-18(12-11-15)21-14-17-8-4-7-16-9-5-13-20-19(16)17/h4-5,7-9,13,15,18,21H,2-3,6,10-12,14H2,1H3. The van der Waals surface area contributed by atoms with E-state index in [4.69, 9.17) is 0 Å². The number of hydrogen-bond acceptors (Lipinski definition) is 2. The largest absolute Gasteiger partial charge is 0.310 e. The Bertz CT molecular complexity index is 573. The maximum Gasteiger partial charge on any atom is 0.0746 e. The van der Waals surface area contributed by atoms with E-state index in [1.807, 2.05) is 12.3 Å². The summed E-state index contributed by atoms with van der Waals surface area (Å²) in [5.74, 6) is 0.955. The van der Waals surface area contributed by atoms with Crippen LogP contribution in [0.15, 0.2) is 36.5 Å². The van der Waals surface area contributed by atoms with E-state index in [0.717, 1.165) is 18.0 Å². The highest BCUT2D eigenvalue weighted by Crippen LogP contribution is 2.26. The number of hydrogen-bond donors (Lipinski definition) is 1. The minimum absolute atomic E-state index is 0.681. The van der Waals surface area contributed by atoms with Crippen molar-refractivity contribution in [3.05, 3.63) is 42.1 Å². The van der Waals surface area contributed by atoms with Crippen molar-refractivity contribution in [3.63, 3.8) is 0 Å². The Hall–Kier alpha value is -1.41. The highest BCUT2D eigenvalue weighted by atomic mass is 14.9. The normalized spacial score (nSPS) is 23.1. The van der Waals surface area contributed by atoms with Crippen molar-refractivity contribution < 1.29 is 0 Å². The molecule has 2 unspecified atom stereocenters. The molecule has 2 nitrogen and oxygen atoms in total. The zero-order valence-electron chi connectivity index (χ0n) is 13.0.